The van der Waals surface area contributed by atoms with Gasteiger partial charge in [0.15, 0.2) is 0 Å². The van der Waals surface area contributed by atoms with Crippen molar-refractivity contribution in [2.24, 2.45) is 0 Å². The van der Waals surface area contributed by atoms with Crippen LogP contribution in [0, 0.1) is 6.07 Å². The van der Waals surface area contributed by atoms with Gasteiger partial charge >= 0.3 is 0 Å². The molecule has 1 N–H and O–H groups in total. The van der Waals surface area contributed by atoms with Crippen molar-refractivity contribution in [1.82, 2.24) is 14.5 Å². The standard InChI is InChI=1S/C30H22N3OS.Pt/c1-2-20-17-21(19-22(18-20)35-29-13-7-8-16-31-29)25-15-14-24-23-9-3-4-10-26(23)33(30(24)32-25)27-11-5-6-12-28(27)34;/h3-18,34H,2H2,1H3;/q-1;. The van der Waals surface area contributed by atoms with Gasteiger partial charge in [0.05, 0.1) is 16.2 Å². The number of benzene rings is 3. The van der Waals surface area contributed by atoms with Gasteiger partial charge in [-0.25, -0.2) is 4.98 Å². The normalized spacial score (nSPS) is 11.0. The Morgan fingerprint density at radius 2 is 1.69 bits per heavy atom. The molecule has 0 saturated carbocycles. The maximum Gasteiger partial charge on any atom is 0.139 e. The fourth-order valence-electron chi connectivity index (χ4n) is 4.40. The van der Waals surface area contributed by atoms with Crippen LogP contribution in [0.2, 0.25) is 0 Å². The van der Waals surface area contributed by atoms with Crippen molar-refractivity contribution in [2.45, 2.75) is 23.3 Å². The number of rotatable bonds is 5. The number of nitrogens with zero attached hydrogens (tertiary/aromatic N) is 3. The summed E-state index contributed by atoms with van der Waals surface area (Å²) in [6, 6.07) is 33.6. The minimum absolute atomic E-state index is 0. The fraction of sp³-hybridized carbons (Fsp3) is 0.0667. The van der Waals surface area contributed by atoms with Gasteiger partial charge in [0, 0.05) is 38.0 Å². The van der Waals surface area contributed by atoms with E-state index in [0.29, 0.717) is 5.69 Å². The molecule has 0 fully saturated rings. The van der Waals surface area contributed by atoms with Crippen LogP contribution in [0.1, 0.15) is 12.5 Å². The number of hydrogen-bond acceptors (Lipinski definition) is 4. The van der Waals surface area contributed by atoms with E-state index < -0.39 is 0 Å². The van der Waals surface area contributed by atoms with Crippen molar-refractivity contribution in [1.29, 1.82) is 0 Å². The molecule has 4 nitrogen and oxygen atoms in total. The molecule has 3 aromatic carbocycles. The van der Waals surface area contributed by atoms with Crippen molar-refractivity contribution in [3.05, 3.63) is 109 Å². The molecule has 6 heteroatoms. The van der Waals surface area contributed by atoms with Crippen LogP contribution in [0.5, 0.6) is 5.75 Å². The van der Waals surface area contributed by atoms with Gasteiger partial charge in [-0.3, -0.25) is 9.55 Å². The first-order chi connectivity index (χ1) is 17.2. The first-order valence-electron chi connectivity index (χ1n) is 11.6. The van der Waals surface area contributed by atoms with Gasteiger partial charge in [-0.1, -0.05) is 72.1 Å². The molecule has 0 aliphatic carbocycles. The maximum absolute atomic E-state index is 10.7. The van der Waals surface area contributed by atoms with E-state index in [9.17, 15) is 5.11 Å². The number of aromatic hydroxyl groups is 1. The smallest absolute Gasteiger partial charge is 0.139 e. The van der Waals surface area contributed by atoms with Crippen LogP contribution in [0.25, 0.3) is 38.9 Å². The Morgan fingerprint density at radius 1 is 0.889 bits per heavy atom. The van der Waals surface area contributed by atoms with E-state index in [-0.39, 0.29) is 26.8 Å². The Hall–Kier alpha value is -3.40. The first kappa shape index (κ1) is 24.3. The molecule has 0 aliphatic rings. The summed E-state index contributed by atoms with van der Waals surface area (Å²) in [4.78, 5) is 10.6. The summed E-state index contributed by atoms with van der Waals surface area (Å²) in [6.45, 7) is 2.15. The van der Waals surface area contributed by atoms with Crippen molar-refractivity contribution < 1.29 is 26.2 Å². The van der Waals surface area contributed by atoms with Crippen LogP contribution in [0.4, 0.5) is 0 Å². The topological polar surface area (TPSA) is 50.9 Å². The molecule has 0 spiro atoms. The van der Waals surface area contributed by atoms with Gasteiger partial charge < -0.3 is 5.11 Å². The second kappa shape index (κ2) is 10.3. The summed E-state index contributed by atoms with van der Waals surface area (Å²) in [5.41, 5.74) is 5.53. The Balaban J connectivity index is 0.00000267. The zero-order chi connectivity index (χ0) is 23.8. The monoisotopic (exact) mass is 667 g/mol. The second-order valence-electron chi connectivity index (χ2n) is 8.30. The molecule has 6 aromatic rings. The fourth-order valence-corrected chi connectivity index (χ4v) is 5.26. The zero-order valence-corrected chi connectivity index (χ0v) is 22.5. The molecule has 0 aliphatic heterocycles. The molecule has 3 aromatic heterocycles. The second-order valence-corrected chi connectivity index (χ2v) is 9.36. The minimum atomic E-state index is 0. The van der Waals surface area contributed by atoms with E-state index in [1.54, 1.807) is 24.0 Å². The van der Waals surface area contributed by atoms with E-state index in [0.717, 1.165) is 49.5 Å². The summed E-state index contributed by atoms with van der Waals surface area (Å²) in [7, 11) is 0. The third-order valence-electron chi connectivity index (χ3n) is 6.09. The quantitative estimate of drug-likeness (QED) is 0.194. The largest absolute Gasteiger partial charge is 0.506 e. The molecule has 0 atom stereocenters. The Morgan fingerprint density at radius 3 is 2.50 bits per heavy atom. The summed E-state index contributed by atoms with van der Waals surface area (Å²) in [5.74, 6) is 0.218. The Kier molecular flexibility index (Phi) is 6.95. The van der Waals surface area contributed by atoms with Gasteiger partial charge in [-0.2, -0.15) is 0 Å². The van der Waals surface area contributed by atoms with Crippen LogP contribution in [-0.4, -0.2) is 19.6 Å². The zero-order valence-electron chi connectivity index (χ0n) is 19.5. The van der Waals surface area contributed by atoms with Crippen LogP contribution >= 0.6 is 11.8 Å². The molecule has 0 saturated heterocycles. The Labute approximate surface area is 228 Å². The number of hydrogen-bond donors (Lipinski definition) is 1. The summed E-state index contributed by atoms with van der Waals surface area (Å²) >= 11 is 1.60. The molecule has 0 amide bonds. The van der Waals surface area contributed by atoms with Crippen molar-refractivity contribution in [3.63, 3.8) is 0 Å². The molecular formula is C30H22N3OPtS-. The predicted molar refractivity (Wildman–Crippen MR) is 142 cm³/mol. The molecule has 0 radical (unpaired) electrons. The van der Waals surface area contributed by atoms with Gasteiger partial charge in [0.2, 0.25) is 0 Å². The van der Waals surface area contributed by atoms with Gasteiger partial charge in [-0.05, 0) is 42.4 Å². The number of aromatic nitrogens is 3. The summed E-state index contributed by atoms with van der Waals surface area (Å²) in [5, 5.41) is 13.7. The first-order valence-corrected chi connectivity index (χ1v) is 12.4. The van der Waals surface area contributed by atoms with E-state index in [2.05, 4.69) is 54.4 Å². The SMILES string of the molecule is CCc1cc(Sc2ccccn2)[c-]c(-c2ccc3c4ccccc4n(-c4ccccc4O)c3n2)c1.[Pt]. The van der Waals surface area contributed by atoms with Crippen LogP contribution in [0.15, 0.2) is 107 Å². The average Bonchev–Trinajstić information content (AvgIpc) is 3.23. The summed E-state index contributed by atoms with van der Waals surface area (Å²) in [6.07, 6.45) is 2.72. The van der Waals surface area contributed by atoms with Gasteiger partial charge in [0.1, 0.15) is 11.4 Å². The van der Waals surface area contributed by atoms with E-state index in [1.165, 1.54) is 5.56 Å². The van der Waals surface area contributed by atoms with Gasteiger partial charge in [-0.15, -0.1) is 29.3 Å². The predicted octanol–water partition coefficient (Wildman–Crippen LogP) is 7.46. The number of phenols is 1. The Bertz CT molecular complexity index is 1680. The van der Waals surface area contributed by atoms with E-state index in [1.807, 2.05) is 53.1 Å². The molecule has 180 valence electrons. The molecule has 36 heavy (non-hydrogen) atoms. The van der Waals surface area contributed by atoms with Crippen LogP contribution < -0.4 is 0 Å². The number of pyridine rings is 2. The number of fused-ring (bicyclic) bond motifs is 3. The number of para-hydroxylation sites is 3. The van der Waals surface area contributed by atoms with E-state index >= 15 is 0 Å². The van der Waals surface area contributed by atoms with Crippen LogP contribution in [-0.2, 0) is 27.5 Å². The number of phenolic OH excluding ortho intramolecular Hbond substituents is 1. The number of aryl methyl sites for hydroxylation is 1. The summed E-state index contributed by atoms with van der Waals surface area (Å²) < 4.78 is 2.04. The van der Waals surface area contributed by atoms with E-state index in [4.69, 9.17) is 4.98 Å². The molecule has 0 bridgehead atoms. The maximum atomic E-state index is 10.7. The molecular weight excluding hydrogens is 645 g/mol. The van der Waals surface area contributed by atoms with Crippen molar-refractivity contribution >= 4 is 33.7 Å². The third-order valence-corrected chi connectivity index (χ3v) is 6.98. The molecule has 6 rings (SSSR count). The minimum Gasteiger partial charge on any atom is -0.506 e. The molecule has 3 heterocycles. The van der Waals surface area contributed by atoms with Crippen molar-refractivity contribution in [3.8, 4) is 22.7 Å². The van der Waals surface area contributed by atoms with Crippen LogP contribution in [0.3, 0.4) is 0 Å². The average molecular weight is 668 g/mol. The molecule has 0 unspecified atom stereocenters. The van der Waals surface area contributed by atoms with Gasteiger partial charge in [0.25, 0.3) is 0 Å². The third kappa shape index (κ3) is 4.45. The van der Waals surface area contributed by atoms with Crippen molar-refractivity contribution in [2.75, 3.05) is 0 Å².